The summed E-state index contributed by atoms with van der Waals surface area (Å²) in [6, 6.07) is 9.98. The number of carbonyl (C=O) groups is 1. The first-order valence-corrected chi connectivity index (χ1v) is 10.6. The number of benzene rings is 3. The van der Waals surface area contributed by atoms with E-state index in [0.717, 1.165) is 5.56 Å². The zero-order valence-electron chi connectivity index (χ0n) is 19.3. The quantitative estimate of drug-likeness (QED) is 0.345. The van der Waals surface area contributed by atoms with E-state index in [-0.39, 0.29) is 34.0 Å². The van der Waals surface area contributed by atoms with E-state index < -0.39 is 11.4 Å². The van der Waals surface area contributed by atoms with Crippen LogP contribution in [-0.2, 0) is 0 Å². The lowest BCUT2D eigenvalue weighted by Gasteiger charge is -2.25. The predicted octanol–water partition coefficient (Wildman–Crippen LogP) is 4.66. The maximum Gasteiger partial charge on any atom is 0.348 e. The van der Waals surface area contributed by atoms with Gasteiger partial charge in [-0.1, -0.05) is 12.1 Å². The first-order chi connectivity index (χ1) is 16.2. The van der Waals surface area contributed by atoms with Crippen LogP contribution in [0.4, 0.5) is 0 Å². The lowest BCUT2D eigenvalue weighted by atomic mass is 10.0. The second-order valence-electron chi connectivity index (χ2n) is 8.31. The fourth-order valence-corrected chi connectivity index (χ4v) is 4.46. The van der Waals surface area contributed by atoms with Crippen molar-refractivity contribution < 1.29 is 33.3 Å². The van der Waals surface area contributed by atoms with Gasteiger partial charge in [0.1, 0.15) is 22.6 Å². The maximum absolute atomic E-state index is 13.3. The van der Waals surface area contributed by atoms with E-state index in [4.69, 9.17) is 23.4 Å². The van der Waals surface area contributed by atoms with Crippen LogP contribution in [0.5, 0.6) is 28.7 Å². The summed E-state index contributed by atoms with van der Waals surface area (Å²) in [4.78, 5) is 26.2. The fraction of sp³-hybridized carbons (Fsp3) is 0.231. The van der Waals surface area contributed by atoms with Gasteiger partial charge >= 0.3 is 11.4 Å². The highest BCUT2D eigenvalue weighted by Gasteiger charge is 2.48. The number of aryl methyl sites for hydroxylation is 2. The van der Waals surface area contributed by atoms with E-state index in [1.54, 1.807) is 24.3 Å². The molecule has 1 aliphatic heterocycles. The van der Waals surface area contributed by atoms with Gasteiger partial charge in [-0.15, -0.1) is 0 Å². The Balaban J connectivity index is 1.79. The van der Waals surface area contributed by atoms with E-state index >= 15 is 0 Å². The zero-order valence-corrected chi connectivity index (χ0v) is 19.3. The molecule has 1 aromatic heterocycles. The average Bonchev–Trinajstić information content (AvgIpc) is 3.05. The molecule has 0 saturated heterocycles. The lowest BCUT2D eigenvalue weighted by molar-refractivity contribution is -0.0552. The summed E-state index contributed by atoms with van der Waals surface area (Å²) < 4.78 is 28.6. The third kappa shape index (κ3) is 2.98. The number of Topliss-reactive ketones (excluding diaryl/α,β-unsaturated/α-hetero) is 1. The zero-order chi connectivity index (χ0) is 24.4. The molecule has 0 spiro atoms. The van der Waals surface area contributed by atoms with Gasteiger partial charge in [-0.25, -0.2) is 4.79 Å². The molecule has 0 unspecified atom stereocenters. The molecule has 0 bridgehead atoms. The Bertz CT molecular complexity index is 1570. The second-order valence-corrected chi connectivity index (χ2v) is 8.31. The van der Waals surface area contributed by atoms with Crippen molar-refractivity contribution in [3.8, 4) is 28.7 Å². The first kappa shape index (κ1) is 21.6. The molecule has 2 heterocycles. The predicted molar refractivity (Wildman–Crippen MR) is 125 cm³/mol. The Kier molecular flexibility index (Phi) is 4.72. The van der Waals surface area contributed by atoms with Crippen molar-refractivity contribution in [1.29, 1.82) is 0 Å². The van der Waals surface area contributed by atoms with E-state index in [0.29, 0.717) is 33.4 Å². The number of phenolic OH excluding ortho intramolecular Hbond substituents is 1. The van der Waals surface area contributed by atoms with Gasteiger partial charge in [0.25, 0.3) is 5.78 Å². The van der Waals surface area contributed by atoms with Gasteiger partial charge in [0.05, 0.1) is 19.8 Å². The highest BCUT2D eigenvalue weighted by molar-refractivity contribution is 6.11. The number of carbonyl (C=O) groups excluding carboxylic acids is 1. The average molecular weight is 462 g/mol. The molecular formula is C26H22O8. The fourth-order valence-electron chi connectivity index (χ4n) is 4.46. The smallest absolute Gasteiger partial charge is 0.348 e. The van der Waals surface area contributed by atoms with Gasteiger partial charge in [0, 0.05) is 23.8 Å². The third-order valence-electron chi connectivity index (χ3n) is 6.09. The van der Waals surface area contributed by atoms with Crippen molar-refractivity contribution >= 4 is 27.5 Å². The minimum absolute atomic E-state index is 0.00921. The van der Waals surface area contributed by atoms with Gasteiger partial charge in [-0.05, 0) is 43.2 Å². The molecule has 174 valence electrons. The topological polar surface area (TPSA) is 104 Å². The SMILES string of the molecule is COc1cc(O)c2c(=O)oc3c(O[C@@]4(C)Oc5cccc(C)c5C4=O)c(OC)cc(C)c3c2c1. The summed E-state index contributed by atoms with van der Waals surface area (Å²) >= 11 is 0. The summed E-state index contributed by atoms with van der Waals surface area (Å²) in [7, 11) is 2.90. The van der Waals surface area contributed by atoms with Crippen LogP contribution in [0.3, 0.4) is 0 Å². The number of fused-ring (bicyclic) bond motifs is 4. The number of hydrogen-bond acceptors (Lipinski definition) is 8. The number of phenols is 1. The minimum atomic E-state index is -1.71. The molecule has 8 heteroatoms. The van der Waals surface area contributed by atoms with E-state index in [2.05, 4.69) is 0 Å². The molecule has 0 radical (unpaired) electrons. The molecule has 1 N–H and O–H groups in total. The van der Waals surface area contributed by atoms with Gasteiger partial charge in [0.2, 0.25) is 5.75 Å². The van der Waals surface area contributed by atoms with Crippen molar-refractivity contribution in [2.24, 2.45) is 0 Å². The van der Waals surface area contributed by atoms with Crippen LogP contribution in [0, 0.1) is 13.8 Å². The molecule has 5 rings (SSSR count). The van der Waals surface area contributed by atoms with Crippen LogP contribution in [0.1, 0.15) is 28.4 Å². The molecular weight excluding hydrogens is 440 g/mol. The van der Waals surface area contributed by atoms with E-state index in [1.807, 2.05) is 19.9 Å². The van der Waals surface area contributed by atoms with Crippen LogP contribution < -0.4 is 24.6 Å². The van der Waals surface area contributed by atoms with Gasteiger partial charge in [-0.2, -0.15) is 0 Å². The van der Waals surface area contributed by atoms with E-state index in [1.165, 1.54) is 27.2 Å². The van der Waals surface area contributed by atoms with Crippen LogP contribution in [0.25, 0.3) is 21.7 Å². The molecule has 0 fully saturated rings. The Morgan fingerprint density at radius 1 is 0.971 bits per heavy atom. The van der Waals surface area contributed by atoms with Crippen molar-refractivity contribution in [2.75, 3.05) is 14.2 Å². The molecule has 0 saturated carbocycles. The number of hydrogen-bond donors (Lipinski definition) is 1. The normalized spacial score (nSPS) is 17.0. The highest BCUT2D eigenvalue weighted by atomic mass is 16.7. The van der Waals surface area contributed by atoms with Gasteiger partial charge in [0.15, 0.2) is 11.3 Å². The van der Waals surface area contributed by atoms with Gasteiger partial charge in [-0.3, -0.25) is 4.79 Å². The summed E-state index contributed by atoms with van der Waals surface area (Å²) in [6.07, 6.45) is 0. The molecule has 0 amide bonds. The number of methoxy groups -OCH3 is 2. The van der Waals surface area contributed by atoms with Crippen LogP contribution >= 0.6 is 0 Å². The number of ketones is 1. The molecule has 3 aromatic carbocycles. The Labute approximate surface area is 194 Å². The standard InChI is InChI=1S/C26H22O8/c1-12-7-6-8-17-20(12)24(28)26(3,33-17)34-22-18(31-5)9-13(2)19-15-10-14(30-4)11-16(27)21(15)25(29)32-23(19)22/h6-11,27H,1-5H3/t26-/m1/s1. The molecule has 1 atom stereocenters. The highest BCUT2D eigenvalue weighted by Crippen LogP contribution is 2.46. The summed E-state index contributed by atoms with van der Waals surface area (Å²) in [6.45, 7) is 5.13. The largest absolute Gasteiger partial charge is 0.507 e. The Morgan fingerprint density at radius 2 is 1.74 bits per heavy atom. The van der Waals surface area contributed by atoms with Crippen molar-refractivity contribution in [1.82, 2.24) is 0 Å². The second kappa shape index (κ2) is 7.41. The van der Waals surface area contributed by atoms with Crippen LogP contribution in [0.15, 0.2) is 45.6 Å². The molecule has 4 aromatic rings. The first-order valence-electron chi connectivity index (χ1n) is 10.6. The summed E-state index contributed by atoms with van der Waals surface area (Å²) in [5.41, 5.74) is 1.18. The maximum atomic E-state index is 13.3. The number of rotatable bonds is 4. The van der Waals surface area contributed by atoms with Crippen molar-refractivity contribution in [3.63, 3.8) is 0 Å². The van der Waals surface area contributed by atoms with Crippen LogP contribution in [0.2, 0.25) is 0 Å². The minimum Gasteiger partial charge on any atom is -0.507 e. The van der Waals surface area contributed by atoms with Crippen LogP contribution in [-0.4, -0.2) is 30.9 Å². The summed E-state index contributed by atoms with van der Waals surface area (Å²) in [5.74, 6) is -1.29. The molecule has 8 nitrogen and oxygen atoms in total. The third-order valence-corrected chi connectivity index (χ3v) is 6.09. The van der Waals surface area contributed by atoms with Gasteiger partial charge < -0.3 is 28.5 Å². The Morgan fingerprint density at radius 3 is 2.41 bits per heavy atom. The Hall–Kier alpha value is -4.20. The molecule has 1 aliphatic rings. The lowest BCUT2D eigenvalue weighted by Crippen LogP contribution is -2.43. The van der Waals surface area contributed by atoms with Crippen molar-refractivity contribution in [3.05, 3.63) is 63.5 Å². The van der Waals surface area contributed by atoms with E-state index in [9.17, 15) is 14.7 Å². The molecule has 0 aliphatic carbocycles. The monoisotopic (exact) mass is 462 g/mol. The number of ether oxygens (including phenoxy) is 4. The summed E-state index contributed by atoms with van der Waals surface area (Å²) in [5, 5.41) is 11.4. The van der Waals surface area contributed by atoms with Crippen molar-refractivity contribution in [2.45, 2.75) is 26.6 Å². The number of aromatic hydroxyl groups is 1. The molecule has 34 heavy (non-hydrogen) atoms.